The first-order valence-electron chi connectivity index (χ1n) is 7.23. The van der Waals surface area contributed by atoms with Crippen LogP contribution in [0, 0.1) is 6.92 Å². The number of β-lactam (4-membered cyclic amide) rings is 1. The van der Waals surface area contributed by atoms with Crippen LogP contribution in [0.1, 0.15) is 17.2 Å². The van der Waals surface area contributed by atoms with Crippen molar-refractivity contribution in [3.8, 4) is 5.75 Å². The highest BCUT2D eigenvalue weighted by Crippen LogP contribution is 2.41. The lowest BCUT2D eigenvalue weighted by Gasteiger charge is -2.45. The Bertz CT molecular complexity index is 764. The Kier molecular flexibility index (Phi) is 3.91. The van der Waals surface area contributed by atoms with Gasteiger partial charge in [-0.1, -0.05) is 34.9 Å². The van der Waals surface area contributed by atoms with E-state index in [1.54, 1.807) is 12.0 Å². The summed E-state index contributed by atoms with van der Waals surface area (Å²) in [6.45, 7) is 1.99. The SMILES string of the molecule is COc1ccc(C2C(N=[N+]=[N-])C(=O)N2c2ccc(C)cc2)cc1. The second-order valence-corrected chi connectivity index (χ2v) is 5.41. The van der Waals surface area contributed by atoms with Crippen molar-refractivity contribution in [2.75, 3.05) is 12.0 Å². The molecule has 2 aromatic rings. The fraction of sp³-hybridized carbons (Fsp3) is 0.235. The molecule has 0 saturated carbocycles. The molecule has 0 N–H and O–H groups in total. The number of azide groups is 1. The molecule has 6 heteroatoms. The summed E-state index contributed by atoms with van der Waals surface area (Å²) in [6.07, 6.45) is 0. The maximum atomic E-state index is 12.4. The van der Waals surface area contributed by atoms with Gasteiger partial charge in [0.2, 0.25) is 5.91 Å². The van der Waals surface area contributed by atoms with Gasteiger partial charge >= 0.3 is 0 Å². The average molecular weight is 308 g/mol. The van der Waals surface area contributed by atoms with E-state index in [1.165, 1.54) is 0 Å². The zero-order chi connectivity index (χ0) is 16.4. The smallest absolute Gasteiger partial charge is 0.239 e. The van der Waals surface area contributed by atoms with Crippen LogP contribution in [-0.2, 0) is 4.79 Å². The molecule has 2 unspecified atom stereocenters. The Hall–Kier alpha value is -2.98. The van der Waals surface area contributed by atoms with E-state index in [1.807, 2.05) is 55.5 Å². The second-order valence-electron chi connectivity index (χ2n) is 5.41. The second kappa shape index (κ2) is 6.02. The highest BCUT2D eigenvalue weighted by molar-refractivity contribution is 6.06. The van der Waals surface area contributed by atoms with Crippen molar-refractivity contribution in [2.24, 2.45) is 5.11 Å². The summed E-state index contributed by atoms with van der Waals surface area (Å²) < 4.78 is 5.16. The van der Waals surface area contributed by atoms with Crippen molar-refractivity contribution in [3.05, 3.63) is 70.1 Å². The van der Waals surface area contributed by atoms with Crippen molar-refractivity contribution in [1.82, 2.24) is 0 Å². The first-order valence-corrected chi connectivity index (χ1v) is 7.23. The molecule has 2 aromatic carbocycles. The van der Waals surface area contributed by atoms with Crippen molar-refractivity contribution in [1.29, 1.82) is 0 Å². The van der Waals surface area contributed by atoms with Crippen LogP contribution in [0.15, 0.2) is 53.6 Å². The van der Waals surface area contributed by atoms with Gasteiger partial charge in [0.05, 0.1) is 13.2 Å². The van der Waals surface area contributed by atoms with E-state index < -0.39 is 6.04 Å². The largest absolute Gasteiger partial charge is 0.497 e. The third kappa shape index (κ3) is 2.60. The predicted octanol–water partition coefficient (Wildman–Crippen LogP) is 3.77. The third-order valence-electron chi connectivity index (χ3n) is 4.01. The zero-order valence-corrected chi connectivity index (χ0v) is 12.9. The number of aryl methyl sites for hydroxylation is 1. The van der Waals surface area contributed by atoms with Crippen LogP contribution in [0.4, 0.5) is 5.69 Å². The predicted molar refractivity (Wildman–Crippen MR) is 87.3 cm³/mol. The molecule has 3 rings (SSSR count). The molecule has 1 aliphatic heterocycles. The number of amides is 1. The van der Waals surface area contributed by atoms with E-state index in [0.29, 0.717) is 0 Å². The van der Waals surface area contributed by atoms with Crippen molar-refractivity contribution < 1.29 is 9.53 Å². The fourth-order valence-electron chi connectivity index (χ4n) is 2.77. The Balaban J connectivity index is 1.98. The molecule has 1 amide bonds. The summed E-state index contributed by atoms with van der Waals surface area (Å²) >= 11 is 0. The van der Waals surface area contributed by atoms with Crippen LogP contribution < -0.4 is 9.64 Å². The molecular formula is C17H16N4O2. The summed E-state index contributed by atoms with van der Waals surface area (Å²) in [5.74, 6) is 0.550. The summed E-state index contributed by atoms with van der Waals surface area (Å²) in [5, 5.41) is 3.66. The van der Waals surface area contributed by atoms with Gasteiger partial charge < -0.3 is 9.64 Å². The minimum absolute atomic E-state index is 0.188. The molecule has 0 aromatic heterocycles. The molecule has 6 nitrogen and oxygen atoms in total. The highest BCUT2D eigenvalue weighted by atomic mass is 16.5. The number of carbonyl (C=O) groups excluding carboxylic acids is 1. The Morgan fingerprint density at radius 1 is 1.13 bits per heavy atom. The first-order chi connectivity index (χ1) is 11.2. The summed E-state index contributed by atoms with van der Waals surface area (Å²) in [4.78, 5) is 16.9. The molecule has 0 radical (unpaired) electrons. The topological polar surface area (TPSA) is 78.3 Å². The van der Waals surface area contributed by atoms with Crippen LogP contribution in [0.2, 0.25) is 0 Å². The maximum absolute atomic E-state index is 12.4. The van der Waals surface area contributed by atoms with Crippen molar-refractivity contribution >= 4 is 11.6 Å². The molecule has 23 heavy (non-hydrogen) atoms. The van der Waals surface area contributed by atoms with Gasteiger partial charge in [0.1, 0.15) is 11.8 Å². The normalized spacial score (nSPS) is 19.7. The highest BCUT2D eigenvalue weighted by Gasteiger charge is 2.48. The summed E-state index contributed by atoms with van der Waals surface area (Å²) in [6, 6.07) is 14.1. The van der Waals surface area contributed by atoms with E-state index in [0.717, 1.165) is 22.6 Å². The molecule has 0 aliphatic carbocycles. The van der Waals surface area contributed by atoms with Crippen LogP contribution >= 0.6 is 0 Å². The lowest BCUT2D eigenvalue weighted by molar-refractivity contribution is -0.126. The number of hydrogen-bond donors (Lipinski definition) is 0. The molecule has 1 aliphatic rings. The molecule has 1 saturated heterocycles. The quantitative estimate of drug-likeness (QED) is 0.373. The Morgan fingerprint density at radius 3 is 2.35 bits per heavy atom. The summed E-state index contributed by atoms with van der Waals surface area (Å²) in [5.41, 5.74) is 11.5. The first kappa shape index (κ1) is 14.9. The van der Waals surface area contributed by atoms with E-state index in [4.69, 9.17) is 10.3 Å². The molecule has 0 spiro atoms. The van der Waals surface area contributed by atoms with Gasteiger partial charge in [-0.25, -0.2) is 0 Å². The number of rotatable bonds is 4. The van der Waals surface area contributed by atoms with Gasteiger partial charge in [-0.15, -0.1) is 0 Å². The Labute approximate surface area is 133 Å². The molecule has 2 atom stereocenters. The van der Waals surface area contributed by atoms with Gasteiger partial charge in [-0.3, -0.25) is 4.79 Å². The van der Waals surface area contributed by atoms with E-state index in [9.17, 15) is 4.79 Å². The number of methoxy groups -OCH3 is 1. The van der Waals surface area contributed by atoms with Crippen LogP contribution in [0.3, 0.4) is 0 Å². The van der Waals surface area contributed by atoms with Crippen molar-refractivity contribution in [3.63, 3.8) is 0 Å². The van der Waals surface area contributed by atoms with Crippen molar-refractivity contribution in [2.45, 2.75) is 19.0 Å². The number of benzene rings is 2. The minimum atomic E-state index is -0.713. The number of ether oxygens (including phenoxy) is 1. The number of carbonyl (C=O) groups is 1. The molecule has 0 bridgehead atoms. The minimum Gasteiger partial charge on any atom is -0.497 e. The maximum Gasteiger partial charge on any atom is 0.239 e. The lowest BCUT2D eigenvalue weighted by Crippen LogP contribution is -2.58. The van der Waals surface area contributed by atoms with Crippen LogP contribution in [0.25, 0.3) is 10.4 Å². The molecule has 1 heterocycles. The standard InChI is InChI=1S/C17H16N4O2/c1-11-3-7-13(8-4-11)21-16(15(17(21)22)19-20-18)12-5-9-14(23-2)10-6-12/h3-10,15-16H,1-2H3. The third-order valence-corrected chi connectivity index (χ3v) is 4.01. The number of nitrogens with zero attached hydrogens (tertiary/aromatic N) is 4. The fourth-order valence-corrected chi connectivity index (χ4v) is 2.77. The Morgan fingerprint density at radius 2 is 1.78 bits per heavy atom. The van der Waals surface area contributed by atoms with Gasteiger partial charge in [0, 0.05) is 10.6 Å². The number of anilines is 1. The molecule has 116 valence electrons. The molecule has 1 fully saturated rings. The van der Waals surface area contributed by atoms with E-state index >= 15 is 0 Å². The lowest BCUT2D eigenvalue weighted by atomic mass is 9.88. The van der Waals surface area contributed by atoms with Gasteiger partial charge in [0.15, 0.2) is 0 Å². The molecular weight excluding hydrogens is 292 g/mol. The van der Waals surface area contributed by atoms with Gasteiger partial charge in [0.25, 0.3) is 0 Å². The van der Waals surface area contributed by atoms with E-state index in [2.05, 4.69) is 10.0 Å². The monoisotopic (exact) mass is 308 g/mol. The zero-order valence-electron chi connectivity index (χ0n) is 12.9. The van der Waals surface area contributed by atoms with Gasteiger partial charge in [-0.2, -0.15) is 0 Å². The van der Waals surface area contributed by atoms with E-state index in [-0.39, 0.29) is 11.9 Å². The number of hydrogen-bond acceptors (Lipinski definition) is 3. The van der Waals surface area contributed by atoms with Crippen LogP contribution in [0.5, 0.6) is 5.75 Å². The van der Waals surface area contributed by atoms with Crippen LogP contribution in [-0.4, -0.2) is 19.1 Å². The van der Waals surface area contributed by atoms with Gasteiger partial charge in [-0.05, 0) is 42.3 Å². The summed E-state index contributed by atoms with van der Waals surface area (Å²) in [7, 11) is 1.60. The average Bonchev–Trinajstić information content (AvgIpc) is 2.59.